The van der Waals surface area contributed by atoms with E-state index in [0.29, 0.717) is 11.7 Å². The standard InChI is InChI=1S/C18H22ClNO/c1-2-20-13-16(10-14-6-8-18(21)9-7-14)11-15-4-3-5-17(19)12-15/h3-9,12,16,20-21H,2,10-11,13H2,1H3. The maximum atomic E-state index is 9.37. The number of benzene rings is 2. The third-order valence-corrected chi connectivity index (χ3v) is 3.79. The Hall–Kier alpha value is -1.51. The number of halogens is 1. The Kier molecular flexibility index (Phi) is 6.09. The summed E-state index contributed by atoms with van der Waals surface area (Å²) in [5.41, 5.74) is 2.52. The molecule has 0 saturated heterocycles. The molecule has 0 saturated carbocycles. The van der Waals surface area contributed by atoms with E-state index in [0.717, 1.165) is 31.0 Å². The minimum atomic E-state index is 0.317. The number of hydrogen-bond donors (Lipinski definition) is 2. The van der Waals surface area contributed by atoms with Gasteiger partial charge in [-0.05, 0) is 67.2 Å². The van der Waals surface area contributed by atoms with Gasteiger partial charge in [-0.25, -0.2) is 0 Å². The molecule has 2 N–H and O–H groups in total. The highest BCUT2D eigenvalue weighted by Gasteiger charge is 2.11. The van der Waals surface area contributed by atoms with Crippen molar-refractivity contribution in [3.05, 3.63) is 64.7 Å². The molecule has 0 amide bonds. The van der Waals surface area contributed by atoms with Gasteiger partial charge in [0.15, 0.2) is 0 Å². The molecule has 0 spiro atoms. The van der Waals surface area contributed by atoms with Crippen LogP contribution >= 0.6 is 11.6 Å². The Bertz CT molecular complexity index is 553. The fourth-order valence-corrected chi connectivity index (χ4v) is 2.74. The third kappa shape index (κ3) is 5.41. The Morgan fingerprint density at radius 3 is 2.43 bits per heavy atom. The molecule has 21 heavy (non-hydrogen) atoms. The van der Waals surface area contributed by atoms with Crippen molar-refractivity contribution >= 4 is 11.6 Å². The van der Waals surface area contributed by atoms with Crippen LogP contribution < -0.4 is 5.32 Å². The SMILES string of the molecule is CCNCC(Cc1ccc(O)cc1)Cc1cccc(Cl)c1. The number of phenols is 1. The van der Waals surface area contributed by atoms with Crippen LogP contribution in [0.5, 0.6) is 5.75 Å². The average Bonchev–Trinajstić information content (AvgIpc) is 2.47. The summed E-state index contributed by atoms with van der Waals surface area (Å²) in [6, 6.07) is 15.6. The molecule has 0 aromatic heterocycles. The van der Waals surface area contributed by atoms with Crippen LogP contribution in [0.15, 0.2) is 48.5 Å². The predicted molar refractivity (Wildman–Crippen MR) is 89.0 cm³/mol. The first-order valence-corrected chi connectivity index (χ1v) is 7.78. The lowest BCUT2D eigenvalue weighted by molar-refractivity contribution is 0.470. The van der Waals surface area contributed by atoms with Crippen molar-refractivity contribution in [3.8, 4) is 5.75 Å². The Morgan fingerprint density at radius 2 is 1.76 bits per heavy atom. The Balaban J connectivity index is 2.04. The van der Waals surface area contributed by atoms with Crippen molar-refractivity contribution in [2.75, 3.05) is 13.1 Å². The molecule has 0 radical (unpaired) electrons. The quantitative estimate of drug-likeness (QED) is 0.808. The van der Waals surface area contributed by atoms with Crippen LogP contribution in [0.3, 0.4) is 0 Å². The molecule has 0 aliphatic rings. The molecule has 2 nitrogen and oxygen atoms in total. The van der Waals surface area contributed by atoms with E-state index in [1.807, 2.05) is 30.3 Å². The maximum absolute atomic E-state index is 9.37. The maximum Gasteiger partial charge on any atom is 0.115 e. The highest BCUT2D eigenvalue weighted by Crippen LogP contribution is 2.19. The Morgan fingerprint density at radius 1 is 1.05 bits per heavy atom. The van der Waals surface area contributed by atoms with Crippen molar-refractivity contribution < 1.29 is 5.11 Å². The van der Waals surface area contributed by atoms with E-state index >= 15 is 0 Å². The zero-order valence-electron chi connectivity index (χ0n) is 12.3. The van der Waals surface area contributed by atoms with Gasteiger partial charge >= 0.3 is 0 Å². The van der Waals surface area contributed by atoms with E-state index in [9.17, 15) is 5.11 Å². The van der Waals surface area contributed by atoms with Gasteiger partial charge in [0.05, 0.1) is 0 Å². The molecule has 1 unspecified atom stereocenters. The molecule has 2 rings (SSSR count). The fraction of sp³-hybridized carbons (Fsp3) is 0.333. The molecule has 2 aromatic rings. The van der Waals surface area contributed by atoms with Gasteiger partial charge in [0.2, 0.25) is 0 Å². The van der Waals surface area contributed by atoms with Crippen LogP contribution in [-0.4, -0.2) is 18.2 Å². The zero-order chi connectivity index (χ0) is 15.1. The molecule has 0 heterocycles. The minimum absolute atomic E-state index is 0.317. The molecule has 2 aromatic carbocycles. The summed E-state index contributed by atoms with van der Waals surface area (Å²) in [5, 5.41) is 13.6. The van der Waals surface area contributed by atoms with Gasteiger partial charge in [0, 0.05) is 5.02 Å². The van der Waals surface area contributed by atoms with Crippen molar-refractivity contribution in [2.45, 2.75) is 19.8 Å². The summed E-state index contributed by atoms with van der Waals surface area (Å²) in [7, 11) is 0. The van der Waals surface area contributed by atoms with Crippen molar-refractivity contribution in [3.63, 3.8) is 0 Å². The first kappa shape index (κ1) is 15.9. The van der Waals surface area contributed by atoms with Gasteiger partial charge < -0.3 is 10.4 Å². The summed E-state index contributed by atoms with van der Waals surface area (Å²) < 4.78 is 0. The van der Waals surface area contributed by atoms with Crippen molar-refractivity contribution in [1.82, 2.24) is 5.32 Å². The second kappa shape index (κ2) is 8.06. The van der Waals surface area contributed by atoms with Gasteiger partial charge in [-0.2, -0.15) is 0 Å². The van der Waals surface area contributed by atoms with E-state index in [1.165, 1.54) is 11.1 Å². The zero-order valence-corrected chi connectivity index (χ0v) is 13.1. The average molecular weight is 304 g/mol. The van der Waals surface area contributed by atoms with Gasteiger partial charge in [-0.1, -0.05) is 42.8 Å². The lowest BCUT2D eigenvalue weighted by atomic mass is 9.92. The number of aromatic hydroxyl groups is 1. The second-order valence-electron chi connectivity index (χ2n) is 5.38. The predicted octanol–water partition coefficient (Wildman–Crippen LogP) is 4.06. The van der Waals surface area contributed by atoms with Crippen molar-refractivity contribution in [1.29, 1.82) is 0 Å². The summed E-state index contributed by atoms with van der Waals surface area (Å²) in [5.74, 6) is 0.824. The molecule has 0 bridgehead atoms. The molecule has 3 heteroatoms. The van der Waals surface area contributed by atoms with E-state index in [1.54, 1.807) is 12.1 Å². The van der Waals surface area contributed by atoms with Crippen LogP contribution in [-0.2, 0) is 12.8 Å². The monoisotopic (exact) mass is 303 g/mol. The lowest BCUT2D eigenvalue weighted by Crippen LogP contribution is -2.25. The van der Waals surface area contributed by atoms with E-state index in [-0.39, 0.29) is 0 Å². The summed E-state index contributed by atoms with van der Waals surface area (Å²) in [6.07, 6.45) is 1.98. The largest absolute Gasteiger partial charge is 0.508 e. The second-order valence-corrected chi connectivity index (χ2v) is 5.81. The smallest absolute Gasteiger partial charge is 0.115 e. The lowest BCUT2D eigenvalue weighted by Gasteiger charge is -2.18. The molecule has 0 aliphatic carbocycles. The minimum Gasteiger partial charge on any atom is -0.508 e. The molecule has 1 atom stereocenters. The highest BCUT2D eigenvalue weighted by molar-refractivity contribution is 6.30. The summed E-state index contributed by atoms with van der Waals surface area (Å²) in [6.45, 7) is 4.07. The van der Waals surface area contributed by atoms with Crippen LogP contribution in [0.1, 0.15) is 18.1 Å². The normalized spacial score (nSPS) is 12.3. The van der Waals surface area contributed by atoms with E-state index in [2.05, 4.69) is 18.3 Å². The fourth-order valence-electron chi connectivity index (χ4n) is 2.53. The Labute approximate surface area is 131 Å². The van der Waals surface area contributed by atoms with Gasteiger partial charge in [0.1, 0.15) is 5.75 Å². The van der Waals surface area contributed by atoms with Crippen molar-refractivity contribution in [2.24, 2.45) is 5.92 Å². The van der Waals surface area contributed by atoms with E-state index in [4.69, 9.17) is 11.6 Å². The number of phenolic OH excluding ortho intramolecular Hbond substituents is 1. The first-order valence-electron chi connectivity index (χ1n) is 7.40. The van der Waals surface area contributed by atoms with Gasteiger partial charge in [0.25, 0.3) is 0 Å². The topological polar surface area (TPSA) is 32.3 Å². The molecular formula is C18H22ClNO. The summed E-state index contributed by atoms with van der Waals surface area (Å²) >= 11 is 6.07. The third-order valence-electron chi connectivity index (χ3n) is 3.56. The van der Waals surface area contributed by atoms with Crippen LogP contribution in [0, 0.1) is 5.92 Å². The molecule has 112 valence electrons. The molecular weight excluding hydrogens is 282 g/mol. The number of hydrogen-bond acceptors (Lipinski definition) is 2. The summed E-state index contributed by atoms with van der Waals surface area (Å²) in [4.78, 5) is 0. The molecule has 0 aliphatic heterocycles. The molecule has 0 fully saturated rings. The van der Waals surface area contributed by atoms with E-state index < -0.39 is 0 Å². The highest BCUT2D eigenvalue weighted by atomic mass is 35.5. The number of nitrogens with one attached hydrogen (secondary N) is 1. The van der Waals surface area contributed by atoms with Crippen LogP contribution in [0.4, 0.5) is 0 Å². The van der Waals surface area contributed by atoms with Gasteiger partial charge in [-0.3, -0.25) is 0 Å². The van der Waals surface area contributed by atoms with Gasteiger partial charge in [-0.15, -0.1) is 0 Å². The first-order chi connectivity index (χ1) is 10.2. The van der Waals surface area contributed by atoms with Crippen LogP contribution in [0.2, 0.25) is 5.02 Å². The number of rotatable bonds is 7. The van der Waals surface area contributed by atoms with Crippen LogP contribution in [0.25, 0.3) is 0 Å².